The van der Waals surface area contributed by atoms with Crippen molar-refractivity contribution in [3.05, 3.63) is 82.8 Å². The number of nitrogens with zero attached hydrogens (tertiary/aromatic N) is 5. The number of hydrogen-bond acceptors (Lipinski definition) is 6. The minimum absolute atomic E-state index is 0.0543. The van der Waals surface area contributed by atoms with Crippen molar-refractivity contribution in [2.75, 3.05) is 31.9 Å². The van der Waals surface area contributed by atoms with Gasteiger partial charge in [0.1, 0.15) is 5.39 Å². The first-order chi connectivity index (χ1) is 16.2. The SMILES string of the molecule is O=C(CSc1nc2c(cnn2-c2ccccc2)c(=O)[nH]1)N1CCN(Cc2ccccc2)CC1. The van der Waals surface area contributed by atoms with E-state index in [9.17, 15) is 9.59 Å². The van der Waals surface area contributed by atoms with E-state index in [0.29, 0.717) is 29.3 Å². The number of nitrogens with one attached hydrogen (secondary N) is 1. The summed E-state index contributed by atoms with van der Waals surface area (Å²) in [5.41, 5.74) is 2.33. The van der Waals surface area contributed by atoms with Gasteiger partial charge in [-0.3, -0.25) is 14.5 Å². The average Bonchev–Trinajstić information content (AvgIpc) is 3.29. The number of aromatic nitrogens is 4. The average molecular weight is 461 g/mol. The Labute approximate surface area is 195 Å². The molecule has 0 saturated carbocycles. The molecule has 4 aromatic rings. The lowest BCUT2D eigenvalue weighted by atomic mass is 10.2. The van der Waals surface area contributed by atoms with Gasteiger partial charge in [0.2, 0.25) is 5.91 Å². The molecule has 1 N–H and O–H groups in total. The topological polar surface area (TPSA) is 87.1 Å². The van der Waals surface area contributed by atoms with Crippen LogP contribution in [-0.2, 0) is 11.3 Å². The zero-order valence-corrected chi connectivity index (χ0v) is 18.9. The summed E-state index contributed by atoms with van der Waals surface area (Å²) in [5, 5.41) is 5.16. The molecule has 1 fully saturated rings. The van der Waals surface area contributed by atoms with E-state index >= 15 is 0 Å². The summed E-state index contributed by atoms with van der Waals surface area (Å²) in [5.74, 6) is 0.283. The normalized spacial score (nSPS) is 14.6. The van der Waals surface area contributed by atoms with Crippen LogP contribution in [0, 0.1) is 0 Å². The summed E-state index contributed by atoms with van der Waals surface area (Å²) in [7, 11) is 0. The van der Waals surface area contributed by atoms with E-state index in [0.717, 1.165) is 25.3 Å². The molecule has 0 unspecified atom stereocenters. The maximum absolute atomic E-state index is 12.8. The van der Waals surface area contributed by atoms with Gasteiger partial charge >= 0.3 is 0 Å². The van der Waals surface area contributed by atoms with E-state index in [1.54, 1.807) is 4.68 Å². The fraction of sp³-hybridized carbons (Fsp3) is 0.250. The minimum atomic E-state index is -0.258. The third kappa shape index (κ3) is 4.84. The van der Waals surface area contributed by atoms with Gasteiger partial charge in [0, 0.05) is 32.7 Å². The molecule has 8 nitrogen and oxygen atoms in total. The Balaban J connectivity index is 1.21. The van der Waals surface area contributed by atoms with Gasteiger partial charge in [-0.05, 0) is 17.7 Å². The summed E-state index contributed by atoms with van der Waals surface area (Å²) in [4.78, 5) is 36.9. The lowest BCUT2D eigenvalue weighted by Gasteiger charge is -2.34. The molecular weight excluding hydrogens is 436 g/mol. The molecule has 5 rings (SSSR count). The molecule has 33 heavy (non-hydrogen) atoms. The van der Waals surface area contributed by atoms with E-state index in [2.05, 4.69) is 44.2 Å². The number of hydrogen-bond donors (Lipinski definition) is 1. The number of H-pyrrole nitrogens is 1. The van der Waals surface area contributed by atoms with Crippen LogP contribution in [0.2, 0.25) is 0 Å². The van der Waals surface area contributed by atoms with E-state index < -0.39 is 0 Å². The van der Waals surface area contributed by atoms with Gasteiger partial charge in [0.15, 0.2) is 10.8 Å². The summed E-state index contributed by atoms with van der Waals surface area (Å²) in [6, 6.07) is 19.9. The van der Waals surface area contributed by atoms with E-state index in [4.69, 9.17) is 0 Å². The molecule has 0 spiro atoms. The zero-order chi connectivity index (χ0) is 22.6. The van der Waals surface area contributed by atoms with Crippen molar-refractivity contribution in [2.45, 2.75) is 11.7 Å². The quantitative estimate of drug-likeness (QED) is 0.352. The Bertz CT molecular complexity index is 1300. The molecule has 1 aliphatic rings. The number of thioether (sulfide) groups is 1. The van der Waals surface area contributed by atoms with Gasteiger partial charge in [-0.25, -0.2) is 9.67 Å². The van der Waals surface area contributed by atoms with Gasteiger partial charge in [0.25, 0.3) is 5.56 Å². The number of carbonyl (C=O) groups is 1. The first-order valence-corrected chi connectivity index (χ1v) is 11.9. The van der Waals surface area contributed by atoms with Crippen molar-refractivity contribution in [1.82, 2.24) is 29.5 Å². The van der Waals surface area contributed by atoms with Crippen molar-refractivity contribution in [1.29, 1.82) is 0 Å². The largest absolute Gasteiger partial charge is 0.339 e. The molecule has 1 saturated heterocycles. The van der Waals surface area contributed by atoms with Gasteiger partial charge < -0.3 is 9.88 Å². The van der Waals surface area contributed by atoms with Crippen LogP contribution in [0.3, 0.4) is 0 Å². The fourth-order valence-electron chi connectivity index (χ4n) is 3.94. The van der Waals surface area contributed by atoms with Crippen molar-refractivity contribution in [2.24, 2.45) is 0 Å². The van der Waals surface area contributed by atoms with Crippen LogP contribution in [0.1, 0.15) is 5.56 Å². The van der Waals surface area contributed by atoms with Crippen molar-refractivity contribution in [3.63, 3.8) is 0 Å². The molecule has 0 bridgehead atoms. The number of rotatable bonds is 6. The number of benzene rings is 2. The second kappa shape index (κ2) is 9.60. The first-order valence-electron chi connectivity index (χ1n) is 10.9. The zero-order valence-electron chi connectivity index (χ0n) is 18.1. The highest BCUT2D eigenvalue weighted by Crippen LogP contribution is 2.18. The van der Waals surface area contributed by atoms with Crippen molar-refractivity contribution < 1.29 is 4.79 Å². The van der Waals surface area contributed by atoms with Crippen LogP contribution in [0.25, 0.3) is 16.7 Å². The third-order valence-electron chi connectivity index (χ3n) is 5.72. The maximum atomic E-state index is 12.8. The molecule has 0 atom stereocenters. The van der Waals surface area contributed by atoms with E-state index in [1.807, 2.05) is 41.3 Å². The smallest absolute Gasteiger partial charge is 0.262 e. The second-order valence-electron chi connectivity index (χ2n) is 7.93. The van der Waals surface area contributed by atoms with Crippen LogP contribution in [-0.4, -0.2) is 67.4 Å². The molecule has 2 aromatic carbocycles. The maximum Gasteiger partial charge on any atom is 0.262 e. The molecule has 1 aliphatic heterocycles. The van der Waals surface area contributed by atoms with Crippen LogP contribution >= 0.6 is 11.8 Å². The Hall–Kier alpha value is -3.43. The molecule has 0 aliphatic carbocycles. The Morgan fingerprint density at radius 3 is 2.39 bits per heavy atom. The predicted octanol–water partition coefficient (Wildman–Crippen LogP) is 2.55. The summed E-state index contributed by atoms with van der Waals surface area (Å²) in [6.07, 6.45) is 1.52. The van der Waals surface area contributed by atoms with Gasteiger partial charge in [-0.1, -0.05) is 60.3 Å². The molecule has 0 radical (unpaired) electrons. The third-order valence-corrected chi connectivity index (χ3v) is 6.58. The van der Waals surface area contributed by atoms with Gasteiger partial charge in [-0.2, -0.15) is 5.10 Å². The molecule has 9 heteroatoms. The Kier molecular flexibility index (Phi) is 6.23. The highest BCUT2D eigenvalue weighted by molar-refractivity contribution is 7.99. The predicted molar refractivity (Wildman–Crippen MR) is 129 cm³/mol. The lowest BCUT2D eigenvalue weighted by Crippen LogP contribution is -2.48. The monoisotopic (exact) mass is 460 g/mol. The lowest BCUT2D eigenvalue weighted by molar-refractivity contribution is -0.130. The van der Waals surface area contributed by atoms with Crippen molar-refractivity contribution >= 4 is 28.7 Å². The molecule has 168 valence electrons. The molecular formula is C24H24N6O2S. The molecule has 1 amide bonds. The second-order valence-corrected chi connectivity index (χ2v) is 8.90. The van der Waals surface area contributed by atoms with Crippen LogP contribution in [0.4, 0.5) is 0 Å². The standard InChI is InChI=1S/C24H24N6O2S/c31-21(29-13-11-28(12-14-29)16-18-7-3-1-4-8-18)17-33-24-26-22-20(23(32)27-24)15-25-30(22)19-9-5-2-6-10-19/h1-10,15H,11-14,16-17H2,(H,26,27,32). The highest BCUT2D eigenvalue weighted by atomic mass is 32.2. The van der Waals surface area contributed by atoms with Crippen LogP contribution in [0.5, 0.6) is 0 Å². The van der Waals surface area contributed by atoms with Crippen molar-refractivity contribution in [3.8, 4) is 5.69 Å². The van der Waals surface area contributed by atoms with Crippen LogP contribution < -0.4 is 5.56 Å². The number of fused-ring (bicyclic) bond motifs is 1. The summed E-state index contributed by atoms with van der Waals surface area (Å²) < 4.78 is 1.64. The van der Waals surface area contributed by atoms with Gasteiger partial charge in [-0.15, -0.1) is 0 Å². The fourth-order valence-corrected chi connectivity index (χ4v) is 4.70. The number of para-hydroxylation sites is 1. The minimum Gasteiger partial charge on any atom is -0.339 e. The highest BCUT2D eigenvalue weighted by Gasteiger charge is 2.21. The molecule has 3 heterocycles. The van der Waals surface area contributed by atoms with E-state index in [1.165, 1.54) is 23.5 Å². The summed E-state index contributed by atoms with van der Waals surface area (Å²) in [6.45, 7) is 4.01. The van der Waals surface area contributed by atoms with E-state index in [-0.39, 0.29) is 17.2 Å². The van der Waals surface area contributed by atoms with Crippen LogP contribution in [0.15, 0.2) is 76.8 Å². The van der Waals surface area contributed by atoms with Gasteiger partial charge in [0.05, 0.1) is 17.6 Å². The number of carbonyl (C=O) groups excluding carboxylic acids is 1. The first kappa shape index (κ1) is 21.4. The Morgan fingerprint density at radius 2 is 1.67 bits per heavy atom. The Morgan fingerprint density at radius 1 is 0.970 bits per heavy atom. The molecule has 2 aromatic heterocycles. The number of aromatic amines is 1. The number of piperazine rings is 1. The summed E-state index contributed by atoms with van der Waals surface area (Å²) >= 11 is 1.25. The number of amides is 1.